The molecule has 1 aromatic carbocycles. The molecular weight excluding hydrogens is 238 g/mol. The molecule has 0 amide bonds. The van der Waals surface area contributed by atoms with Crippen molar-refractivity contribution in [3.63, 3.8) is 0 Å². The SMILES string of the molecule is CC(N)C1CCc2cccc(Br)c2C1. The maximum absolute atomic E-state index is 5.96. The number of aryl methyl sites for hydroxylation is 1. The van der Waals surface area contributed by atoms with Gasteiger partial charge in [-0.05, 0) is 49.3 Å². The van der Waals surface area contributed by atoms with Gasteiger partial charge in [-0.2, -0.15) is 0 Å². The molecule has 1 nitrogen and oxygen atoms in total. The second-order valence-corrected chi connectivity index (χ2v) is 5.09. The summed E-state index contributed by atoms with van der Waals surface area (Å²) in [5.41, 5.74) is 8.93. The van der Waals surface area contributed by atoms with Gasteiger partial charge >= 0.3 is 0 Å². The maximum atomic E-state index is 5.96. The van der Waals surface area contributed by atoms with Crippen molar-refractivity contribution < 1.29 is 0 Å². The first-order valence-corrected chi connectivity index (χ1v) is 5.99. The summed E-state index contributed by atoms with van der Waals surface area (Å²) in [4.78, 5) is 0. The van der Waals surface area contributed by atoms with Crippen LogP contribution in [0.15, 0.2) is 22.7 Å². The van der Waals surface area contributed by atoms with Gasteiger partial charge in [-0.25, -0.2) is 0 Å². The maximum Gasteiger partial charge on any atom is 0.0210 e. The van der Waals surface area contributed by atoms with Crippen molar-refractivity contribution in [1.29, 1.82) is 0 Å². The number of halogens is 1. The van der Waals surface area contributed by atoms with Crippen LogP contribution in [0.4, 0.5) is 0 Å². The van der Waals surface area contributed by atoms with Gasteiger partial charge in [-0.15, -0.1) is 0 Å². The monoisotopic (exact) mass is 253 g/mol. The summed E-state index contributed by atoms with van der Waals surface area (Å²) in [6.07, 6.45) is 3.55. The van der Waals surface area contributed by atoms with Crippen LogP contribution in [0, 0.1) is 5.92 Å². The molecule has 0 aromatic heterocycles. The molecule has 1 aliphatic carbocycles. The lowest BCUT2D eigenvalue weighted by Gasteiger charge is -2.28. The Hall–Kier alpha value is -0.340. The van der Waals surface area contributed by atoms with E-state index in [1.165, 1.54) is 28.4 Å². The predicted octanol–water partition coefficient (Wildman–Crippen LogP) is 2.90. The highest BCUT2D eigenvalue weighted by Gasteiger charge is 2.22. The van der Waals surface area contributed by atoms with E-state index in [0.717, 1.165) is 6.42 Å². The zero-order chi connectivity index (χ0) is 10.1. The van der Waals surface area contributed by atoms with Crippen LogP contribution in [-0.4, -0.2) is 6.04 Å². The van der Waals surface area contributed by atoms with Crippen LogP contribution in [0.2, 0.25) is 0 Å². The van der Waals surface area contributed by atoms with E-state index in [1.54, 1.807) is 0 Å². The minimum Gasteiger partial charge on any atom is -0.328 e. The van der Waals surface area contributed by atoms with Crippen molar-refractivity contribution in [2.24, 2.45) is 11.7 Å². The molecule has 0 saturated heterocycles. The summed E-state index contributed by atoms with van der Waals surface area (Å²) in [6.45, 7) is 2.12. The second-order valence-electron chi connectivity index (χ2n) is 4.24. The van der Waals surface area contributed by atoms with Crippen LogP contribution in [0.3, 0.4) is 0 Å². The molecule has 0 fully saturated rings. The van der Waals surface area contributed by atoms with Crippen molar-refractivity contribution in [3.8, 4) is 0 Å². The van der Waals surface area contributed by atoms with Gasteiger partial charge in [0.05, 0.1) is 0 Å². The molecule has 0 bridgehead atoms. The zero-order valence-corrected chi connectivity index (χ0v) is 10.0. The van der Waals surface area contributed by atoms with Gasteiger partial charge in [0, 0.05) is 10.5 Å². The van der Waals surface area contributed by atoms with E-state index in [-0.39, 0.29) is 0 Å². The average Bonchev–Trinajstić information content (AvgIpc) is 2.18. The number of benzene rings is 1. The molecule has 2 N–H and O–H groups in total. The summed E-state index contributed by atoms with van der Waals surface area (Å²) >= 11 is 3.62. The van der Waals surface area contributed by atoms with E-state index in [2.05, 4.69) is 41.1 Å². The lowest BCUT2D eigenvalue weighted by atomic mass is 9.81. The first-order chi connectivity index (χ1) is 6.68. The van der Waals surface area contributed by atoms with Gasteiger partial charge in [-0.3, -0.25) is 0 Å². The van der Waals surface area contributed by atoms with Crippen molar-refractivity contribution in [2.75, 3.05) is 0 Å². The third-order valence-electron chi connectivity index (χ3n) is 3.21. The third kappa shape index (κ3) is 1.86. The molecule has 1 aromatic rings. The van der Waals surface area contributed by atoms with Crippen LogP contribution in [0.5, 0.6) is 0 Å². The van der Waals surface area contributed by atoms with Gasteiger partial charge in [0.1, 0.15) is 0 Å². The van der Waals surface area contributed by atoms with Crippen molar-refractivity contribution in [2.45, 2.75) is 32.2 Å². The van der Waals surface area contributed by atoms with E-state index in [9.17, 15) is 0 Å². The lowest BCUT2D eigenvalue weighted by Crippen LogP contribution is -2.31. The molecule has 76 valence electrons. The topological polar surface area (TPSA) is 26.0 Å². The Bertz CT molecular complexity index is 333. The van der Waals surface area contributed by atoms with Gasteiger partial charge in [-0.1, -0.05) is 28.1 Å². The Balaban J connectivity index is 2.29. The van der Waals surface area contributed by atoms with E-state index < -0.39 is 0 Å². The summed E-state index contributed by atoms with van der Waals surface area (Å²) < 4.78 is 1.25. The molecule has 0 aliphatic heterocycles. The fourth-order valence-electron chi connectivity index (χ4n) is 2.22. The van der Waals surface area contributed by atoms with Crippen LogP contribution in [0.25, 0.3) is 0 Å². The molecule has 2 unspecified atom stereocenters. The Labute approximate surface area is 93.8 Å². The summed E-state index contributed by atoms with van der Waals surface area (Å²) in [7, 11) is 0. The van der Waals surface area contributed by atoms with Crippen molar-refractivity contribution in [3.05, 3.63) is 33.8 Å². The highest BCUT2D eigenvalue weighted by atomic mass is 79.9. The summed E-state index contributed by atoms with van der Waals surface area (Å²) in [5, 5.41) is 0. The highest BCUT2D eigenvalue weighted by Crippen LogP contribution is 2.31. The molecule has 0 radical (unpaired) electrons. The molecule has 0 saturated carbocycles. The van der Waals surface area contributed by atoms with Gasteiger partial charge in [0.25, 0.3) is 0 Å². The van der Waals surface area contributed by atoms with Gasteiger partial charge in [0.15, 0.2) is 0 Å². The predicted molar refractivity (Wildman–Crippen MR) is 63.3 cm³/mol. The largest absolute Gasteiger partial charge is 0.328 e. The third-order valence-corrected chi connectivity index (χ3v) is 3.95. The molecule has 2 rings (SSSR count). The molecule has 0 spiro atoms. The van der Waals surface area contributed by atoms with Crippen LogP contribution < -0.4 is 5.73 Å². The van der Waals surface area contributed by atoms with E-state index >= 15 is 0 Å². The number of nitrogens with two attached hydrogens (primary N) is 1. The molecule has 0 heterocycles. The molecule has 14 heavy (non-hydrogen) atoms. The second kappa shape index (κ2) is 4.03. The Morgan fingerprint density at radius 1 is 1.50 bits per heavy atom. The number of hydrogen-bond donors (Lipinski definition) is 1. The van der Waals surface area contributed by atoms with Gasteiger partial charge in [0.2, 0.25) is 0 Å². The van der Waals surface area contributed by atoms with Crippen LogP contribution in [-0.2, 0) is 12.8 Å². The van der Waals surface area contributed by atoms with E-state index in [0.29, 0.717) is 12.0 Å². The molecule has 2 atom stereocenters. The van der Waals surface area contributed by atoms with Crippen LogP contribution >= 0.6 is 15.9 Å². The smallest absolute Gasteiger partial charge is 0.0210 e. The fraction of sp³-hybridized carbons (Fsp3) is 0.500. The average molecular weight is 254 g/mol. The number of rotatable bonds is 1. The first-order valence-electron chi connectivity index (χ1n) is 5.20. The Morgan fingerprint density at radius 3 is 3.00 bits per heavy atom. The number of hydrogen-bond acceptors (Lipinski definition) is 1. The standard InChI is InChI=1S/C12H16BrN/c1-8(14)10-6-5-9-3-2-4-12(13)11(9)7-10/h2-4,8,10H,5-7,14H2,1H3. The van der Waals surface area contributed by atoms with Crippen LogP contribution in [0.1, 0.15) is 24.5 Å². The van der Waals surface area contributed by atoms with Crippen molar-refractivity contribution in [1.82, 2.24) is 0 Å². The minimum atomic E-state index is 0.315. The highest BCUT2D eigenvalue weighted by molar-refractivity contribution is 9.10. The Kier molecular flexibility index (Phi) is 2.93. The van der Waals surface area contributed by atoms with E-state index in [4.69, 9.17) is 5.73 Å². The normalized spacial score (nSPS) is 22.9. The van der Waals surface area contributed by atoms with Gasteiger partial charge < -0.3 is 5.73 Å². The summed E-state index contributed by atoms with van der Waals surface area (Å²) in [6, 6.07) is 6.80. The number of fused-ring (bicyclic) bond motifs is 1. The fourth-order valence-corrected chi connectivity index (χ4v) is 2.79. The lowest BCUT2D eigenvalue weighted by molar-refractivity contribution is 0.392. The van der Waals surface area contributed by atoms with E-state index in [1.807, 2.05) is 0 Å². The minimum absolute atomic E-state index is 0.315. The van der Waals surface area contributed by atoms with Crippen molar-refractivity contribution >= 4 is 15.9 Å². The molecular formula is C12H16BrN. The quantitative estimate of drug-likeness (QED) is 0.819. The molecule has 1 aliphatic rings. The molecule has 2 heteroatoms. The Morgan fingerprint density at radius 2 is 2.29 bits per heavy atom. The zero-order valence-electron chi connectivity index (χ0n) is 8.46. The first kappa shape index (κ1) is 10.2. The summed E-state index contributed by atoms with van der Waals surface area (Å²) in [5.74, 6) is 0.654.